The van der Waals surface area contributed by atoms with E-state index in [9.17, 15) is 9.90 Å². The van der Waals surface area contributed by atoms with Crippen LogP contribution in [0.1, 0.15) is 36.8 Å². The van der Waals surface area contributed by atoms with Gasteiger partial charge < -0.3 is 20.6 Å². The fraction of sp³-hybridized carbons (Fsp3) is 0.455. The average Bonchev–Trinajstić information content (AvgIpc) is 2.72. The largest absolute Gasteiger partial charge is 0.508 e. The zero-order valence-corrected chi connectivity index (χ0v) is 16.5. The zero-order chi connectivity index (χ0) is 19.8. The molecule has 2 amide bonds. The van der Waals surface area contributed by atoms with Gasteiger partial charge in [0.2, 0.25) is 0 Å². The quantitative estimate of drug-likeness (QED) is 0.638. The zero-order valence-electron chi connectivity index (χ0n) is 16.5. The average molecular weight is 383 g/mol. The first-order chi connectivity index (χ1) is 13.6. The summed E-state index contributed by atoms with van der Waals surface area (Å²) in [6, 6.07) is 9.60. The number of urea groups is 1. The van der Waals surface area contributed by atoms with E-state index in [0.717, 1.165) is 43.5 Å². The van der Waals surface area contributed by atoms with Gasteiger partial charge in [0.05, 0.1) is 0 Å². The number of nitrogens with zero attached hydrogens (tertiary/aromatic N) is 2. The lowest BCUT2D eigenvalue weighted by atomic mass is 9.96. The minimum absolute atomic E-state index is 0.0312. The van der Waals surface area contributed by atoms with Crippen molar-refractivity contribution in [2.75, 3.05) is 25.0 Å². The van der Waals surface area contributed by atoms with Crippen LogP contribution in [-0.4, -0.2) is 46.7 Å². The molecule has 1 aromatic carbocycles. The van der Waals surface area contributed by atoms with Crippen LogP contribution in [0.5, 0.6) is 5.75 Å². The van der Waals surface area contributed by atoms with Crippen LogP contribution in [0, 0.1) is 6.92 Å². The van der Waals surface area contributed by atoms with Crippen molar-refractivity contribution in [2.45, 2.75) is 45.1 Å². The minimum atomic E-state index is 0.0312. The third-order valence-electron chi connectivity index (χ3n) is 5.33. The Morgan fingerprint density at radius 2 is 2.04 bits per heavy atom. The minimum Gasteiger partial charge on any atom is -0.508 e. The number of pyridine rings is 1. The number of hydrogen-bond donors (Lipinski definition) is 3. The van der Waals surface area contributed by atoms with E-state index >= 15 is 0 Å². The summed E-state index contributed by atoms with van der Waals surface area (Å²) in [5.74, 6) is 0.290. The number of rotatable bonds is 7. The number of phenols is 1. The smallest absolute Gasteiger partial charge is 0.317 e. The number of aromatic nitrogens is 1. The van der Waals surface area contributed by atoms with Crippen LogP contribution in [0.3, 0.4) is 0 Å². The normalized spacial score (nSPS) is 16.6. The summed E-state index contributed by atoms with van der Waals surface area (Å²) in [4.78, 5) is 18.8. The highest BCUT2D eigenvalue weighted by molar-refractivity contribution is 5.74. The second-order valence-electron chi connectivity index (χ2n) is 7.40. The summed E-state index contributed by atoms with van der Waals surface area (Å²) >= 11 is 0. The van der Waals surface area contributed by atoms with Crippen LogP contribution < -0.4 is 10.6 Å². The van der Waals surface area contributed by atoms with Crippen molar-refractivity contribution in [3.05, 3.63) is 53.9 Å². The number of amides is 2. The molecule has 0 spiro atoms. The molecule has 1 aliphatic heterocycles. The number of anilines is 1. The Balaban J connectivity index is 1.45. The number of aryl methyl sites for hydroxylation is 2. The summed E-state index contributed by atoms with van der Waals surface area (Å²) in [5, 5.41) is 15.8. The van der Waals surface area contributed by atoms with Gasteiger partial charge in [-0.05, 0) is 68.4 Å². The van der Waals surface area contributed by atoms with E-state index in [1.165, 1.54) is 12.0 Å². The van der Waals surface area contributed by atoms with E-state index < -0.39 is 0 Å². The predicted octanol–water partition coefficient (Wildman–Crippen LogP) is 3.70. The molecule has 6 nitrogen and oxygen atoms in total. The fourth-order valence-corrected chi connectivity index (χ4v) is 3.70. The van der Waals surface area contributed by atoms with Crippen molar-refractivity contribution < 1.29 is 9.90 Å². The maximum atomic E-state index is 12.7. The third-order valence-corrected chi connectivity index (χ3v) is 5.33. The van der Waals surface area contributed by atoms with Gasteiger partial charge in [-0.15, -0.1) is 0 Å². The molecule has 1 unspecified atom stereocenters. The van der Waals surface area contributed by atoms with E-state index in [4.69, 9.17) is 0 Å². The van der Waals surface area contributed by atoms with Crippen LogP contribution >= 0.6 is 0 Å². The molecule has 150 valence electrons. The molecule has 1 atom stereocenters. The highest BCUT2D eigenvalue weighted by Crippen LogP contribution is 2.22. The van der Waals surface area contributed by atoms with Crippen molar-refractivity contribution in [1.29, 1.82) is 0 Å². The Kier molecular flexibility index (Phi) is 7.12. The van der Waals surface area contributed by atoms with Crippen LogP contribution in [0.15, 0.2) is 42.7 Å². The standard InChI is InChI=1S/C22H30N4O2/c1-17-16-23-12-11-21(17)24-13-14-25-22(28)26-15-3-2-4-19(26)8-5-18-6-9-20(27)10-7-18/h6-7,9-12,16,19,27H,2-5,8,13-15H2,1H3,(H,23,24)(H,25,28). The molecule has 0 bridgehead atoms. The van der Waals surface area contributed by atoms with E-state index in [0.29, 0.717) is 13.1 Å². The Morgan fingerprint density at radius 3 is 2.82 bits per heavy atom. The van der Waals surface area contributed by atoms with Gasteiger partial charge >= 0.3 is 6.03 Å². The maximum absolute atomic E-state index is 12.7. The van der Waals surface area contributed by atoms with Gasteiger partial charge in [0, 0.05) is 43.8 Å². The summed E-state index contributed by atoms with van der Waals surface area (Å²) in [6.45, 7) is 4.10. The van der Waals surface area contributed by atoms with Crippen LogP contribution in [0.2, 0.25) is 0 Å². The third kappa shape index (κ3) is 5.62. The molecule has 1 aliphatic rings. The molecular formula is C22H30N4O2. The van der Waals surface area contributed by atoms with E-state index in [1.54, 1.807) is 18.3 Å². The van der Waals surface area contributed by atoms with Crippen molar-refractivity contribution >= 4 is 11.7 Å². The molecule has 0 radical (unpaired) electrons. The molecule has 1 fully saturated rings. The van der Waals surface area contributed by atoms with Crippen molar-refractivity contribution in [3.63, 3.8) is 0 Å². The van der Waals surface area contributed by atoms with Gasteiger partial charge in [0.25, 0.3) is 0 Å². The number of likely N-dealkylation sites (tertiary alicyclic amines) is 1. The summed E-state index contributed by atoms with van der Waals surface area (Å²) in [6.07, 6.45) is 8.75. The lowest BCUT2D eigenvalue weighted by molar-refractivity contribution is 0.147. The van der Waals surface area contributed by atoms with Gasteiger partial charge in [-0.2, -0.15) is 0 Å². The first kappa shape index (κ1) is 20.0. The Labute approximate surface area is 167 Å². The van der Waals surface area contributed by atoms with E-state index in [1.807, 2.05) is 36.2 Å². The highest BCUT2D eigenvalue weighted by Gasteiger charge is 2.26. The number of carbonyl (C=O) groups is 1. The Hall–Kier alpha value is -2.76. The van der Waals surface area contributed by atoms with Gasteiger partial charge in [0.1, 0.15) is 5.75 Å². The first-order valence-corrected chi connectivity index (χ1v) is 10.1. The second-order valence-corrected chi connectivity index (χ2v) is 7.40. The lowest BCUT2D eigenvalue weighted by Gasteiger charge is -2.36. The SMILES string of the molecule is Cc1cnccc1NCCNC(=O)N1CCCCC1CCc1ccc(O)cc1. The molecule has 0 saturated carbocycles. The Bertz CT molecular complexity index is 763. The number of phenolic OH excluding ortho intramolecular Hbond substituents is 1. The topological polar surface area (TPSA) is 77.5 Å². The predicted molar refractivity (Wildman–Crippen MR) is 112 cm³/mol. The summed E-state index contributed by atoms with van der Waals surface area (Å²) in [7, 11) is 0. The molecule has 3 N–H and O–H groups in total. The van der Waals surface area contributed by atoms with Crippen LogP contribution in [-0.2, 0) is 6.42 Å². The van der Waals surface area contributed by atoms with Crippen molar-refractivity contribution in [2.24, 2.45) is 0 Å². The molecule has 28 heavy (non-hydrogen) atoms. The van der Waals surface area contributed by atoms with Crippen LogP contribution in [0.25, 0.3) is 0 Å². The molecule has 3 rings (SSSR count). The molecular weight excluding hydrogens is 352 g/mol. The Morgan fingerprint density at radius 1 is 1.21 bits per heavy atom. The number of carbonyl (C=O) groups excluding carboxylic acids is 1. The number of benzene rings is 1. The van der Waals surface area contributed by atoms with Crippen molar-refractivity contribution in [3.8, 4) is 5.75 Å². The maximum Gasteiger partial charge on any atom is 0.317 e. The number of nitrogens with one attached hydrogen (secondary N) is 2. The second kappa shape index (κ2) is 9.97. The van der Waals surface area contributed by atoms with Gasteiger partial charge in [-0.1, -0.05) is 12.1 Å². The summed E-state index contributed by atoms with van der Waals surface area (Å²) in [5.41, 5.74) is 3.34. The van der Waals surface area contributed by atoms with E-state index in [2.05, 4.69) is 15.6 Å². The molecule has 2 aromatic rings. The molecule has 6 heteroatoms. The van der Waals surface area contributed by atoms with Gasteiger partial charge in [0.15, 0.2) is 0 Å². The molecule has 0 aliphatic carbocycles. The number of piperidine rings is 1. The monoisotopic (exact) mass is 382 g/mol. The first-order valence-electron chi connectivity index (χ1n) is 10.1. The molecule has 1 aromatic heterocycles. The number of aromatic hydroxyl groups is 1. The van der Waals surface area contributed by atoms with Gasteiger partial charge in [-0.25, -0.2) is 4.79 Å². The lowest BCUT2D eigenvalue weighted by Crippen LogP contribution is -2.49. The van der Waals surface area contributed by atoms with Crippen LogP contribution in [0.4, 0.5) is 10.5 Å². The fourth-order valence-electron chi connectivity index (χ4n) is 3.70. The van der Waals surface area contributed by atoms with E-state index in [-0.39, 0.29) is 17.8 Å². The number of hydrogen-bond acceptors (Lipinski definition) is 4. The molecule has 1 saturated heterocycles. The van der Waals surface area contributed by atoms with Gasteiger partial charge in [-0.3, -0.25) is 4.98 Å². The highest BCUT2D eigenvalue weighted by atomic mass is 16.3. The summed E-state index contributed by atoms with van der Waals surface area (Å²) < 4.78 is 0. The van der Waals surface area contributed by atoms with Crippen molar-refractivity contribution in [1.82, 2.24) is 15.2 Å². The molecule has 2 heterocycles.